The van der Waals surface area contributed by atoms with Gasteiger partial charge < -0.3 is 24.8 Å². The van der Waals surface area contributed by atoms with Crippen LogP contribution in [0.1, 0.15) is 66.4 Å². The summed E-state index contributed by atoms with van der Waals surface area (Å²) in [5.74, 6) is -0.667. The number of pyridine rings is 1. The van der Waals surface area contributed by atoms with Crippen LogP contribution >= 0.6 is 0 Å². The third-order valence-electron chi connectivity index (χ3n) is 7.42. The Labute approximate surface area is 218 Å². The monoisotopic (exact) mass is 503 g/mol. The summed E-state index contributed by atoms with van der Waals surface area (Å²) in [5.41, 5.74) is 5.22. The Morgan fingerprint density at radius 1 is 1.05 bits per heavy atom. The van der Waals surface area contributed by atoms with Crippen LogP contribution in [-0.2, 0) is 19.3 Å². The molecule has 0 unspecified atom stereocenters. The number of methoxy groups -OCH3 is 1. The number of carboxylic acids is 1. The van der Waals surface area contributed by atoms with Gasteiger partial charge in [0.05, 0.1) is 18.3 Å². The highest BCUT2D eigenvalue weighted by Gasteiger charge is 2.24. The van der Waals surface area contributed by atoms with Crippen LogP contribution in [0.5, 0.6) is 11.5 Å². The molecule has 0 saturated heterocycles. The topological polar surface area (TPSA) is 98.7 Å². The van der Waals surface area contributed by atoms with Crippen molar-refractivity contribution < 1.29 is 19.7 Å². The zero-order chi connectivity index (χ0) is 26.5. The lowest BCUT2D eigenvalue weighted by Gasteiger charge is -2.19. The second-order valence-corrected chi connectivity index (χ2v) is 9.42. The van der Waals surface area contributed by atoms with Crippen LogP contribution in [0.3, 0.4) is 0 Å². The maximum absolute atomic E-state index is 12.0. The van der Waals surface area contributed by atoms with E-state index in [4.69, 9.17) is 9.72 Å². The van der Waals surface area contributed by atoms with E-state index in [1.54, 1.807) is 13.2 Å². The summed E-state index contributed by atoms with van der Waals surface area (Å²) in [6.07, 6.45) is 6.25. The first kappa shape index (κ1) is 26.5. The van der Waals surface area contributed by atoms with Crippen molar-refractivity contribution in [1.82, 2.24) is 14.9 Å². The molecule has 1 aliphatic carbocycles. The first-order valence-electron chi connectivity index (χ1n) is 13.2. The lowest BCUT2D eigenvalue weighted by molar-refractivity contribution is 0.0695. The number of carbonyl (C=O) groups is 1. The average molecular weight is 504 g/mol. The van der Waals surface area contributed by atoms with Crippen molar-refractivity contribution in [3.63, 3.8) is 0 Å². The average Bonchev–Trinajstić information content (AvgIpc) is 3.32. The molecule has 0 aliphatic heterocycles. The predicted molar refractivity (Wildman–Crippen MR) is 148 cm³/mol. The normalized spacial score (nSPS) is 12.9. The molecule has 0 spiro atoms. The van der Waals surface area contributed by atoms with Gasteiger partial charge in [-0.2, -0.15) is 0 Å². The summed E-state index contributed by atoms with van der Waals surface area (Å²) >= 11 is 0. The fraction of sp³-hybridized carbons (Fsp3) is 0.400. The number of rotatable bonds is 7. The van der Waals surface area contributed by atoms with Crippen LogP contribution in [0.15, 0.2) is 36.5 Å². The number of fused-ring (bicyclic) bond motifs is 4. The number of nitrogens with one attached hydrogen (secondary N) is 1. The molecule has 3 N–H and O–H groups in total. The maximum Gasteiger partial charge on any atom is 0.340 e. The largest absolute Gasteiger partial charge is 0.505 e. The fourth-order valence-corrected chi connectivity index (χ4v) is 5.22. The minimum absolute atomic E-state index is 0.0687. The number of aromatic amines is 1. The molecule has 0 bridgehead atoms. The van der Waals surface area contributed by atoms with Crippen LogP contribution in [0.25, 0.3) is 21.8 Å². The van der Waals surface area contributed by atoms with E-state index in [0.717, 1.165) is 53.5 Å². The van der Waals surface area contributed by atoms with E-state index in [1.165, 1.54) is 25.2 Å². The minimum Gasteiger partial charge on any atom is -0.505 e. The number of hydrogen-bond donors (Lipinski definition) is 3. The Bertz CT molecular complexity index is 1400. The van der Waals surface area contributed by atoms with Gasteiger partial charge in [0.25, 0.3) is 0 Å². The number of aryl methyl sites for hydroxylation is 2. The lowest BCUT2D eigenvalue weighted by atomic mass is 9.88. The molecule has 2 heterocycles. The molecule has 0 atom stereocenters. The highest BCUT2D eigenvalue weighted by molar-refractivity contribution is 6.06. The van der Waals surface area contributed by atoms with Gasteiger partial charge in [-0.25, -0.2) is 9.78 Å². The summed E-state index contributed by atoms with van der Waals surface area (Å²) in [6, 6.07) is 9.51. The van der Waals surface area contributed by atoms with Gasteiger partial charge >= 0.3 is 5.97 Å². The van der Waals surface area contributed by atoms with Crippen molar-refractivity contribution >= 4 is 27.8 Å². The van der Waals surface area contributed by atoms with Crippen molar-refractivity contribution in [3.8, 4) is 11.5 Å². The Kier molecular flexibility index (Phi) is 8.34. The molecule has 0 saturated carbocycles. The molecule has 0 fully saturated rings. The molecule has 0 radical (unpaired) electrons. The van der Waals surface area contributed by atoms with Gasteiger partial charge in [0.15, 0.2) is 5.75 Å². The van der Waals surface area contributed by atoms with Crippen molar-refractivity contribution in [3.05, 3.63) is 64.5 Å². The van der Waals surface area contributed by atoms with E-state index in [1.807, 2.05) is 30.5 Å². The predicted octanol–water partition coefficient (Wildman–Crippen LogP) is 5.95. The summed E-state index contributed by atoms with van der Waals surface area (Å²) in [4.78, 5) is 22.4. The molecule has 4 aromatic rings. The van der Waals surface area contributed by atoms with E-state index in [9.17, 15) is 15.0 Å². The highest BCUT2D eigenvalue weighted by atomic mass is 16.5. The second-order valence-electron chi connectivity index (χ2n) is 9.42. The molecule has 1 aliphatic rings. The van der Waals surface area contributed by atoms with Crippen LogP contribution in [0.4, 0.5) is 0 Å². The molecule has 2 aromatic carbocycles. The van der Waals surface area contributed by atoms with Gasteiger partial charge in [-0.15, -0.1) is 0 Å². The van der Waals surface area contributed by atoms with E-state index < -0.39 is 5.97 Å². The second kappa shape index (κ2) is 11.6. The Morgan fingerprint density at radius 2 is 1.78 bits per heavy atom. The van der Waals surface area contributed by atoms with Gasteiger partial charge in [-0.05, 0) is 80.2 Å². The van der Waals surface area contributed by atoms with E-state index >= 15 is 0 Å². The Hall–Kier alpha value is -3.58. The zero-order valence-electron chi connectivity index (χ0n) is 22.2. The molecule has 7 heteroatoms. The lowest BCUT2D eigenvalue weighted by Crippen LogP contribution is -2.21. The van der Waals surface area contributed by atoms with Crippen LogP contribution in [0, 0.1) is 0 Å². The minimum atomic E-state index is -1.14. The molecule has 0 amide bonds. The van der Waals surface area contributed by atoms with E-state index in [2.05, 4.69) is 30.7 Å². The Balaban J connectivity index is 0.000000405. The molecule has 5 rings (SSSR count). The zero-order valence-corrected chi connectivity index (χ0v) is 22.2. The summed E-state index contributed by atoms with van der Waals surface area (Å²) in [5, 5.41) is 22.2. The number of H-pyrrole nitrogens is 1. The van der Waals surface area contributed by atoms with Crippen LogP contribution < -0.4 is 4.74 Å². The molecule has 2 aromatic heterocycles. The number of nitrogens with zero attached hydrogens (tertiary/aromatic N) is 2. The van der Waals surface area contributed by atoms with Crippen LogP contribution in [0.2, 0.25) is 0 Å². The molecule has 196 valence electrons. The van der Waals surface area contributed by atoms with Gasteiger partial charge in [0.2, 0.25) is 0 Å². The van der Waals surface area contributed by atoms with Crippen LogP contribution in [-0.4, -0.2) is 57.8 Å². The van der Waals surface area contributed by atoms with E-state index in [0.29, 0.717) is 23.0 Å². The number of carboxylic acid groups (broad SMARTS) is 1. The van der Waals surface area contributed by atoms with Crippen molar-refractivity contribution in [2.45, 2.75) is 52.9 Å². The highest BCUT2D eigenvalue weighted by Crippen LogP contribution is 2.36. The number of aromatic nitrogens is 2. The number of aromatic carboxylic acids is 1. The van der Waals surface area contributed by atoms with Crippen molar-refractivity contribution in [2.24, 2.45) is 0 Å². The maximum atomic E-state index is 12.0. The standard InChI is InChI=1S/C24H22N2O4.C6H15N/c1-30-15-7-9-19-18(11-15)14(12-25-19)10-20-23(27)21(24(28)29)17-8-6-13-4-2-3-5-16(13)22(17)26-20;1-4-7(5-2)6-3/h6-9,11-12,25,27H,2-5,10H2,1H3,(H,28,29);4-6H2,1-3H3. The van der Waals surface area contributed by atoms with E-state index in [-0.39, 0.29) is 11.3 Å². The fourth-order valence-electron chi connectivity index (χ4n) is 5.22. The van der Waals surface area contributed by atoms with Gasteiger partial charge in [0.1, 0.15) is 11.3 Å². The molecule has 37 heavy (non-hydrogen) atoms. The smallest absolute Gasteiger partial charge is 0.340 e. The summed E-state index contributed by atoms with van der Waals surface area (Å²) < 4.78 is 5.33. The third kappa shape index (κ3) is 5.42. The number of ether oxygens (including phenoxy) is 1. The van der Waals surface area contributed by atoms with Gasteiger partial charge in [-0.3, -0.25) is 0 Å². The van der Waals surface area contributed by atoms with Gasteiger partial charge in [-0.1, -0.05) is 32.9 Å². The number of hydrogen-bond acceptors (Lipinski definition) is 5. The van der Waals surface area contributed by atoms with Crippen molar-refractivity contribution in [1.29, 1.82) is 0 Å². The first-order chi connectivity index (χ1) is 17.9. The molecular weight excluding hydrogens is 466 g/mol. The summed E-state index contributed by atoms with van der Waals surface area (Å²) in [7, 11) is 1.62. The molecule has 7 nitrogen and oxygen atoms in total. The quantitative estimate of drug-likeness (QED) is 0.288. The third-order valence-corrected chi connectivity index (χ3v) is 7.42. The first-order valence-corrected chi connectivity index (χ1v) is 13.2. The summed E-state index contributed by atoms with van der Waals surface area (Å²) in [6.45, 7) is 10.1. The molecular formula is C30H37N3O4. The Morgan fingerprint density at radius 3 is 2.43 bits per heavy atom. The van der Waals surface area contributed by atoms with Crippen molar-refractivity contribution in [2.75, 3.05) is 26.7 Å². The number of aromatic hydroxyl groups is 1. The van der Waals surface area contributed by atoms with Gasteiger partial charge in [0, 0.05) is 28.9 Å². The SMILES string of the molecule is CCN(CC)CC.COc1ccc2[nH]cc(Cc3nc4c5c(ccc4c(C(=O)O)c3O)CCCC5)c2c1. The number of benzene rings is 2.